The number of hydrogen-bond acceptors (Lipinski definition) is 3. The average molecular weight is 286 g/mol. The minimum atomic E-state index is -0.883. The Bertz CT molecular complexity index is 399. The number of urea groups is 2. The second kappa shape index (κ2) is 6.44. The number of likely N-dealkylation sites (tertiary alicyclic amines) is 1. The van der Waals surface area contributed by atoms with Gasteiger partial charge in [0.2, 0.25) is 0 Å². The van der Waals surface area contributed by atoms with Crippen LogP contribution in [0.25, 0.3) is 0 Å². The molecule has 0 spiro atoms. The molecule has 1 aliphatic rings. The van der Waals surface area contributed by atoms with Crippen LogP contribution in [0, 0.1) is 5.41 Å². The van der Waals surface area contributed by atoms with Gasteiger partial charge in [-0.05, 0) is 13.3 Å². The first-order valence-electron chi connectivity index (χ1n) is 6.47. The lowest BCUT2D eigenvalue weighted by atomic mass is 9.90. The van der Waals surface area contributed by atoms with Gasteiger partial charge in [-0.3, -0.25) is 4.79 Å². The van der Waals surface area contributed by atoms with Crippen LogP contribution in [-0.4, -0.2) is 73.2 Å². The van der Waals surface area contributed by atoms with Gasteiger partial charge in [0.25, 0.3) is 0 Å². The molecular formula is C12H22N4O4. The third-order valence-corrected chi connectivity index (χ3v) is 3.36. The molecule has 0 saturated carbocycles. The molecule has 0 aromatic carbocycles. The van der Waals surface area contributed by atoms with Crippen molar-refractivity contribution in [3.05, 3.63) is 0 Å². The largest absolute Gasteiger partial charge is 0.481 e. The molecule has 1 atom stereocenters. The monoisotopic (exact) mass is 286 g/mol. The average Bonchev–Trinajstić information content (AvgIpc) is 2.78. The molecule has 8 heteroatoms. The molecule has 1 rings (SSSR count). The van der Waals surface area contributed by atoms with Crippen LogP contribution >= 0.6 is 0 Å². The summed E-state index contributed by atoms with van der Waals surface area (Å²) in [7, 11) is 3.26. The van der Waals surface area contributed by atoms with Crippen molar-refractivity contribution in [3.63, 3.8) is 0 Å². The van der Waals surface area contributed by atoms with Crippen LogP contribution in [0.5, 0.6) is 0 Å². The maximum atomic E-state index is 11.8. The van der Waals surface area contributed by atoms with Gasteiger partial charge in [0.1, 0.15) is 0 Å². The van der Waals surface area contributed by atoms with Crippen LogP contribution < -0.4 is 10.6 Å². The Balaban J connectivity index is 2.28. The Morgan fingerprint density at radius 3 is 2.35 bits per heavy atom. The Labute approximate surface area is 118 Å². The molecule has 0 aromatic heterocycles. The molecule has 1 fully saturated rings. The number of carboxylic acid groups (broad SMARTS) is 1. The van der Waals surface area contributed by atoms with Gasteiger partial charge in [-0.25, -0.2) is 9.59 Å². The van der Waals surface area contributed by atoms with Crippen molar-refractivity contribution in [2.75, 3.05) is 40.3 Å². The van der Waals surface area contributed by atoms with E-state index in [2.05, 4.69) is 10.6 Å². The van der Waals surface area contributed by atoms with Gasteiger partial charge in [-0.15, -0.1) is 0 Å². The Kier molecular flexibility index (Phi) is 5.18. The lowest BCUT2D eigenvalue weighted by molar-refractivity contribution is -0.147. The molecule has 0 aromatic rings. The van der Waals surface area contributed by atoms with E-state index in [0.29, 0.717) is 26.1 Å². The highest BCUT2D eigenvalue weighted by Crippen LogP contribution is 2.29. The van der Waals surface area contributed by atoms with Gasteiger partial charge in [-0.1, -0.05) is 0 Å². The highest BCUT2D eigenvalue weighted by Gasteiger charge is 2.42. The van der Waals surface area contributed by atoms with Crippen molar-refractivity contribution in [2.24, 2.45) is 5.41 Å². The van der Waals surface area contributed by atoms with Crippen molar-refractivity contribution in [1.82, 2.24) is 20.4 Å². The summed E-state index contributed by atoms with van der Waals surface area (Å²) in [6.07, 6.45) is 0.452. The van der Waals surface area contributed by atoms with Crippen molar-refractivity contribution in [1.29, 1.82) is 0 Å². The molecule has 20 heavy (non-hydrogen) atoms. The van der Waals surface area contributed by atoms with Gasteiger partial charge in [-0.2, -0.15) is 0 Å². The van der Waals surface area contributed by atoms with Gasteiger partial charge in [0.05, 0.1) is 5.41 Å². The summed E-state index contributed by atoms with van der Waals surface area (Å²) in [6, 6.07) is -0.520. The summed E-state index contributed by atoms with van der Waals surface area (Å²) in [4.78, 5) is 37.0. The minimum absolute atomic E-state index is 0.207. The lowest BCUT2D eigenvalue weighted by Crippen LogP contribution is -2.44. The van der Waals surface area contributed by atoms with Crippen molar-refractivity contribution >= 4 is 18.0 Å². The quantitative estimate of drug-likeness (QED) is 0.621. The van der Waals surface area contributed by atoms with E-state index in [9.17, 15) is 14.4 Å². The first kappa shape index (κ1) is 16.1. The molecule has 3 N–H and O–H groups in total. The van der Waals surface area contributed by atoms with Crippen LogP contribution in [0.1, 0.15) is 13.3 Å². The molecule has 8 nitrogen and oxygen atoms in total. The highest BCUT2D eigenvalue weighted by molar-refractivity contribution is 5.79. The number of carbonyl (C=O) groups excluding carboxylic acids is 2. The fourth-order valence-electron chi connectivity index (χ4n) is 1.92. The summed E-state index contributed by atoms with van der Waals surface area (Å²) in [5.41, 5.74) is -0.865. The predicted octanol–water partition coefficient (Wildman–Crippen LogP) is -0.236. The van der Waals surface area contributed by atoms with Crippen molar-refractivity contribution in [3.8, 4) is 0 Å². The normalized spacial score (nSPS) is 21.4. The summed E-state index contributed by atoms with van der Waals surface area (Å²) >= 11 is 0. The summed E-state index contributed by atoms with van der Waals surface area (Å²) in [6.45, 7) is 2.91. The predicted molar refractivity (Wildman–Crippen MR) is 72.4 cm³/mol. The van der Waals surface area contributed by atoms with Crippen LogP contribution in [-0.2, 0) is 4.79 Å². The zero-order valence-electron chi connectivity index (χ0n) is 12.1. The first-order chi connectivity index (χ1) is 9.26. The Hall–Kier alpha value is -1.99. The number of rotatable bonds is 4. The summed E-state index contributed by atoms with van der Waals surface area (Å²) in [5, 5.41) is 14.4. The third kappa shape index (κ3) is 4.01. The molecule has 0 radical (unpaired) electrons. The van der Waals surface area contributed by atoms with E-state index in [0.717, 1.165) is 0 Å². The molecular weight excluding hydrogens is 264 g/mol. The Morgan fingerprint density at radius 1 is 1.25 bits per heavy atom. The van der Waals surface area contributed by atoms with E-state index < -0.39 is 11.4 Å². The fourth-order valence-corrected chi connectivity index (χ4v) is 1.92. The van der Waals surface area contributed by atoms with Gasteiger partial charge < -0.3 is 25.5 Å². The number of carbonyl (C=O) groups is 3. The van der Waals surface area contributed by atoms with Gasteiger partial charge in [0.15, 0.2) is 0 Å². The molecule has 1 saturated heterocycles. The first-order valence-corrected chi connectivity index (χ1v) is 6.47. The van der Waals surface area contributed by atoms with Crippen molar-refractivity contribution < 1.29 is 19.5 Å². The summed E-state index contributed by atoms with van der Waals surface area (Å²) < 4.78 is 0. The number of nitrogens with one attached hydrogen (secondary N) is 2. The molecule has 0 bridgehead atoms. The SMILES string of the molecule is CN(C)C(=O)NCCNC(=O)N1CCC(C)(C(=O)O)C1. The zero-order valence-corrected chi connectivity index (χ0v) is 12.1. The lowest BCUT2D eigenvalue weighted by Gasteiger charge is -2.20. The standard InChI is InChI=1S/C12H22N4O4/c1-12(9(17)18)4-7-16(8-12)11(20)14-6-5-13-10(19)15(2)3/h4-8H2,1-3H3,(H,13,19)(H,14,20)(H,17,18). The van der Waals surface area contributed by atoms with E-state index >= 15 is 0 Å². The molecule has 4 amide bonds. The van der Waals surface area contributed by atoms with E-state index in [1.807, 2.05) is 0 Å². The second-order valence-corrected chi connectivity index (χ2v) is 5.40. The Morgan fingerprint density at radius 2 is 1.85 bits per heavy atom. The molecule has 1 unspecified atom stereocenters. The van der Waals surface area contributed by atoms with Gasteiger partial charge in [0, 0.05) is 40.3 Å². The van der Waals surface area contributed by atoms with E-state index in [1.54, 1.807) is 21.0 Å². The van der Waals surface area contributed by atoms with Crippen LogP contribution in [0.3, 0.4) is 0 Å². The number of carboxylic acids is 1. The number of hydrogen-bond donors (Lipinski definition) is 3. The minimum Gasteiger partial charge on any atom is -0.481 e. The van der Waals surface area contributed by atoms with E-state index in [4.69, 9.17) is 5.11 Å². The van der Waals surface area contributed by atoms with E-state index in [1.165, 1.54) is 9.80 Å². The molecule has 1 heterocycles. The topological polar surface area (TPSA) is 102 Å². The molecule has 114 valence electrons. The van der Waals surface area contributed by atoms with Crippen LogP contribution in [0.2, 0.25) is 0 Å². The van der Waals surface area contributed by atoms with Crippen LogP contribution in [0.15, 0.2) is 0 Å². The molecule has 0 aliphatic carbocycles. The number of amides is 4. The molecule has 1 aliphatic heterocycles. The van der Waals surface area contributed by atoms with Gasteiger partial charge >= 0.3 is 18.0 Å². The highest BCUT2D eigenvalue weighted by atomic mass is 16.4. The van der Waals surface area contributed by atoms with Crippen molar-refractivity contribution in [2.45, 2.75) is 13.3 Å². The smallest absolute Gasteiger partial charge is 0.317 e. The zero-order chi connectivity index (χ0) is 15.3. The van der Waals surface area contributed by atoms with E-state index in [-0.39, 0.29) is 18.6 Å². The number of aliphatic carboxylic acids is 1. The fraction of sp³-hybridized carbons (Fsp3) is 0.750. The second-order valence-electron chi connectivity index (χ2n) is 5.40. The maximum Gasteiger partial charge on any atom is 0.317 e. The number of nitrogens with zero attached hydrogens (tertiary/aromatic N) is 2. The van der Waals surface area contributed by atoms with Crippen LogP contribution in [0.4, 0.5) is 9.59 Å². The summed E-state index contributed by atoms with van der Waals surface area (Å²) in [5.74, 6) is -0.883. The maximum absolute atomic E-state index is 11.8. The third-order valence-electron chi connectivity index (χ3n) is 3.36.